The summed E-state index contributed by atoms with van der Waals surface area (Å²) in [6.07, 6.45) is 5.36. The highest BCUT2D eigenvalue weighted by atomic mass is 35.5. The zero-order valence-electron chi connectivity index (χ0n) is 12.8. The Hall–Kier alpha value is -0.640. The first-order valence-electron chi connectivity index (χ1n) is 7.96. The van der Waals surface area contributed by atoms with Crippen molar-refractivity contribution < 1.29 is 4.39 Å². The predicted octanol–water partition coefficient (Wildman–Crippen LogP) is 3.69. The molecule has 1 N–H and O–H groups in total. The standard InChI is InChI=1S/C17H25FN2.ClH/c1-13-12-15(18)6-7-16(13)17(14-4-2-3-5-14)20-10-8-19-9-11-20;/h6-7,12,14,17,19H,2-5,8-11H2,1H3;1H/t17-;/m1./s1. The van der Waals surface area contributed by atoms with Crippen LogP contribution in [0.25, 0.3) is 0 Å². The van der Waals surface area contributed by atoms with Gasteiger partial charge in [-0.2, -0.15) is 0 Å². The SMILES string of the molecule is Cc1cc(F)ccc1[C@@H](C1CCCC1)N1CCNCC1.Cl. The Morgan fingerprint density at radius 1 is 1.19 bits per heavy atom. The Bertz CT molecular complexity index is 454. The average molecular weight is 313 g/mol. The minimum Gasteiger partial charge on any atom is -0.314 e. The Balaban J connectivity index is 0.00000161. The molecule has 1 atom stereocenters. The largest absolute Gasteiger partial charge is 0.314 e. The van der Waals surface area contributed by atoms with Gasteiger partial charge in [0.2, 0.25) is 0 Å². The van der Waals surface area contributed by atoms with Crippen LogP contribution in [-0.2, 0) is 0 Å². The molecule has 0 unspecified atom stereocenters. The van der Waals surface area contributed by atoms with Crippen LogP contribution in [0.3, 0.4) is 0 Å². The molecule has 0 radical (unpaired) electrons. The van der Waals surface area contributed by atoms with E-state index in [4.69, 9.17) is 0 Å². The molecule has 1 aliphatic carbocycles. The number of hydrogen-bond donors (Lipinski definition) is 1. The Morgan fingerprint density at radius 2 is 1.86 bits per heavy atom. The van der Waals surface area contributed by atoms with E-state index in [1.807, 2.05) is 6.07 Å². The van der Waals surface area contributed by atoms with Crippen molar-refractivity contribution in [2.75, 3.05) is 26.2 Å². The molecule has 2 fully saturated rings. The van der Waals surface area contributed by atoms with Gasteiger partial charge in [0.05, 0.1) is 0 Å². The van der Waals surface area contributed by atoms with E-state index in [0.717, 1.165) is 37.7 Å². The second-order valence-corrected chi connectivity index (χ2v) is 6.28. The smallest absolute Gasteiger partial charge is 0.123 e. The highest BCUT2D eigenvalue weighted by Gasteiger charge is 2.32. The van der Waals surface area contributed by atoms with Gasteiger partial charge in [-0.05, 0) is 48.9 Å². The van der Waals surface area contributed by atoms with Gasteiger partial charge in [-0.15, -0.1) is 12.4 Å². The maximum atomic E-state index is 13.4. The normalized spacial score (nSPS) is 22.0. The van der Waals surface area contributed by atoms with E-state index in [2.05, 4.69) is 17.1 Å². The molecular weight excluding hydrogens is 287 g/mol. The van der Waals surface area contributed by atoms with Crippen LogP contribution >= 0.6 is 12.4 Å². The van der Waals surface area contributed by atoms with Gasteiger partial charge in [0.25, 0.3) is 0 Å². The molecule has 4 heteroatoms. The van der Waals surface area contributed by atoms with E-state index in [1.54, 1.807) is 12.1 Å². The van der Waals surface area contributed by atoms with Crippen molar-refractivity contribution in [1.82, 2.24) is 10.2 Å². The van der Waals surface area contributed by atoms with Crippen LogP contribution in [0, 0.1) is 18.7 Å². The lowest BCUT2D eigenvalue weighted by atomic mass is 9.87. The summed E-state index contributed by atoms with van der Waals surface area (Å²) in [4.78, 5) is 2.62. The van der Waals surface area contributed by atoms with Gasteiger partial charge in [0.1, 0.15) is 5.82 Å². The molecule has 1 aromatic carbocycles. The Labute approximate surface area is 133 Å². The molecule has 21 heavy (non-hydrogen) atoms. The van der Waals surface area contributed by atoms with Crippen LogP contribution in [0.15, 0.2) is 18.2 Å². The number of piperazine rings is 1. The molecular formula is C17H26ClFN2. The summed E-state index contributed by atoms with van der Waals surface area (Å²) in [5.41, 5.74) is 2.46. The molecule has 1 aromatic rings. The van der Waals surface area contributed by atoms with Crippen molar-refractivity contribution in [2.45, 2.75) is 38.6 Å². The highest BCUT2D eigenvalue weighted by molar-refractivity contribution is 5.85. The van der Waals surface area contributed by atoms with Crippen molar-refractivity contribution in [3.05, 3.63) is 35.1 Å². The lowest BCUT2D eigenvalue weighted by molar-refractivity contribution is 0.125. The molecule has 0 bridgehead atoms. The van der Waals surface area contributed by atoms with Crippen molar-refractivity contribution in [2.24, 2.45) is 5.92 Å². The third-order valence-corrected chi connectivity index (χ3v) is 4.94. The van der Waals surface area contributed by atoms with Gasteiger partial charge < -0.3 is 5.32 Å². The van der Waals surface area contributed by atoms with Crippen LogP contribution in [0.5, 0.6) is 0 Å². The number of aryl methyl sites for hydroxylation is 1. The number of rotatable bonds is 3. The van der Waals surface area contributed by atoms with Crippen LogP contribution in [0.1, 0.15) is 42.9 Å². The maximum Gasteiger partial charge on any atom is 0.123 e. The number of nitrogens with one attached hydrogen (secondary N) is 1. The summed E-state index contributed by atoms with van der Waals surface area (Å²) in [6, 6.07) is 5.84. The molecule has 0 spiro atoms. The van der Waals surface area contributed by atoms with Crippen molar-refractivity contribution >= 4 is 12.4 Å². The van der Waals surface area contributed by atoms with E-state index >= 15 is 0 Å². The number of nitrogens with zero attached hydrogens (tertiary/aromatic N) is 1. The van der Waals surface area contributed by atoms with Crippen molar-refractivity contribution in [3.63, 3.8) is 0 Å². The van der Waals surface area contributed by atoms with E-state index in [9.17, 15) is 4.39 Å². The minimum atomic E-state index is -0.114. The summed E-state index contributed by atoms with van der Waals surface area (Å²) in [5, 5.41) is 3.43. The topological polar surface area (TPSA) is 15.3 Å². The Morgan fingerprint density at radius 3 is 2.48 bits per heavy atom. The van der Waals surface area contributed by atoms with E-state index in [0.29, 0.717) is 6.04 Å². The fourth-order valence-electron chi connectivity index (χ4n) is 3.95. The zero-order valence-corrected chi connectivity index (χ0v) is 13.6. The van der Waals surface area contributed by atoms with E-state index < -0.39 is 0 Å². The second-order valence-electron chi connectivity index (χ2n) is 6.28. The molecule has 1 aliphatic heterocycles. The van der Waals surface area contributed by atoms with E-state index in [-0.39, 0.29) is 18.2 Å². The first-order valence-corrected chi connectivity index (χ1v) is 7.96. The van der Waals surface area contributed by atoms with Crippen molar-refractivity contribution in [3.8, 4) is 0 Å². The van der Waals surface area contributed by atoms with Gasteiger partial charge in [-0.1, -0.05) is 18.9 Å². The molecule has 118 valence electrons. The van der Waals surface area contributed by atoms with E-state index in [1.165, 1.54) is 31.2 Å². The van der Waals surface area contributed by atoms with Crippen LogP contribution in [-0.4, -0.2) is 31.1 Å². The quantitative estimate of drug-likeness (QED) is 0.915. The highest BCUT2D eigenvalue weighted by Crippen LogP contribution is 2.40. The predicted molar refractivity (Wildman–Crippen MR) is 87.5 cm³/mol. The van der Waals surface area contributed by atoms with Crippen LogP contribution < -0.4 is 5.32 Å². The maximum absolute atomic E-state index is 13.4. The fraction of sp³-hybridized carbons (Fsp3) is 0.647. The number of benzene rings is 1. The van der Waals surface area contributed by atoms with Gasteiger partial charge in [0.15, 0.2) is 0 Å². The molecule has 3 rings (SSSR count). The van der Waals surface area contributed by atoms with Crippen molar-refractivity contribution in [1.29, 1.82) is 0 Å². The summed E-state index contributed by atoms with van der Waals surface area (Å²) < 4.78 is 13.4. The minimum absolute atomic E-state index is 0. The van der Waals surface area contributed by atoms with Gasteiger partial charge in [-0.25, -0.2) is 4.39 Å². The molecule has 1 heterocycles. The molecule has 1 saturated heterocycles. The molecule has 0 amide bonds. The third-order valence-electron chi connectivity index (χ3n) is 4.94. The van der Waals surface area contributed by atoms with Gasteiger partial charge in [0, 0.05) is 32.2 Å². The summed E-state index contributed by atoms with van der Waals surface area (Å²) >= 11 is 0. The second kappa shape index (κ2) is 7.57. The summed E-state index contributed by atoms with van der Waals surface area (Å²) in [6.45, 7) is 6.42. The van der Waals surface area contributed by atoms with Gasteiger partial charge >= 0.3 is 0 Å². The average Bonchev–Trinajstić information content (AvgIpc) is 2.97. The first-order chi connectivity index (χ1) is 9.75. The van der Waals surface area contributed by atoms with Gasteiger partial charge in [-0.3, -0.25) is 4.90 Å². The first kappa shape index (κ1) is 16.7. The molecule has 0 aromatic heterocycles. The molecule has 2 aliphatic rings. The zero-order chi connectivity index (χ0) is 13.9. The molecule has 1 saturated carbocycles. The monoisotopic (exact) mass is 312 g/mol. The number of halogens is 2. The van der Waals surface area contributed by atoms with Crippen LogP contribution in [0.2, 0.25) is 0 Å². The lowest BCUT2D eigenvalue weighted by Crippen LogP contribution is -2.46. The summed E-state index contributed by atoms with van der Waals surface area (Å²) in [7, 11) is 0. The van der Waals surface area contributed by atoms with Crippen LogP contribution in [0.4, 0.5) is 4.39 Å². The Kier molecular flexibility index (Phi) is 6.03. The fourth-order valence-corrected chi connectivity index (χ4v) is 3.95. The lowest BCUT2D eigenvalue weighted by Gasteiger charge is -2.39. The third kappa shape index (κ3) is 3.77. The number of hydrogen-bond acceptors (Lipinski definition) is 2. The molecule has 2 nitrogen and oxygen atoms in total. The summed E-state index contributed by atoms with van der Waals surface area (Å²) in [5.74, 6) is 0.633.